The van der Waals surface area contributed by atoms with Crippen molar-refractivity contribution in [2.75, 3.05) is 26.7 Å². The van der Waals surface area contributed by atoms with Crippen LogP contribution >= 0.6 is 24.0 Å². The van der Waals surface area contributed by atoms with Crippen LogP contribution in [0.3, 0.4) is 0 Å². The molecule has 0 aromatic heterocycles. The van der Waals surface area contributed by atoms with Gasteiger partial charge in [0.1, 0.15) is 0 Å². The average Bonchev–Trinajstić information content (AvgIpc) is 2.55. The van der Waals surface area contributed by atoms with Gasteiger partial charge in [-0.1, -0.05) is 40.0 Å². The van der Waals surface area contributed by atoms with E-state index in [9.17, 15) is 5.11 Å². The van der Waals surface area contributed by atoms with Crippen LogP contribution in [0.15, 0.2) is 4.99 Å². The van der Waals surface area contributed by atoms with Gasteiger partial charge in [0.15, 0.2) is 5.96 Å². The van der Waals surface area contributed by atoms with Gasteiger partial charge >= 0.3 is 0 Å². The third-order valence-electron chi connectivity index (χ3n) is 5.42. The molecule has 0 aromatic carbocycles. The van der Waals surface area contributed by atoms with Gasteiger partial charge in [-0.25, -0.2) is 0 Å². The molecule has 2 atom stereocenters. The number of hydrogen-bond donors (Lipinski definition) is 3. The molecule has 2 fully saturated rings. The summed E-state index contributed by atoms with van der Waals surface area (Å²) in [4.78, 5) is 4.32. The van der Waals surface area contributed by atoms with Crippen molar-refractivity contribution in [1.29, 1.82) is 0 Å². The van der Waals surface area contributed by atoms with Crippen LogP contribution in [0.1, 0.15) is 65.7 Å². The van der Waals surface area contributed by atoms with E-state index in [0.29, 0.717) is 12.5 Å². The van der Waals surface area contributed by atoms with Crippen molar-refractivity contribution >= 4 is 29.9 Å². The van der Waals surface area contributed by atoms with Gasteiger partial charge in [0.25, 0.3) is 0 Å². The van der Waals surface area contributed by atoms with Gasteiger partial charge in [-0.15, -0.1) is 24.0 Å². The van der Waals surface area contributed by atoms with E-state index in [1.165, 1.54) is 12.8 Å². The maximum atomic E-state index is 10.6. The van der Waals surface area contributed by atoms with Crippen LogP contribution in [0.4, 0.5) is 0 Å². The first-order valence-electron chi connectivity index (χ1n) is 9.63. The van der Waals surface area contributed by atoms with Gasteiger partial charge in [-0.2, -0.15) is 0 Å². The zero-order valence-corrected chi connectivity index (χ0v) is 18.8. The third kappa shape index (κ3) is 7.21. The van der Waals surface area contributed by atoms with Crippen LogP contribution in [0.25, 0.3) is 0 Å². The predicted octanol–water partition coefficient (Wildman–Crippen LogP) is 3.31. The van der Waals surface area contributed by atoms with Crippen LogP contribution < -0.4 is 10.6 Å². The Morgan fingerprint density at radius 2 is 1.84 bits per heavy atom. The minimum Gasteiger partial charge on any atom is -0.388 e. The molecular formula is C19H38IN3O2. The largest absolute Gasteiger partial charge is 0.388 e. The van der Waals surface area contributed by atoms with E-state index >= 15 is 0 Å². The first-order chi connectivity index (χ1) is 11.3. The Kier molecular flexibility index (Phi) is 9.46. The highest BCUT2D eigenvalue weighted by Crippen LogP contribution is 2.33. The SMILES string of the molecule is CN=C(NCC1CCCOC1C(C)(C)C)NCC1(O)CCCCC1.I. The van der Waals surface area contributed by atoms with Crippen LogP contribution in [0, 0.1) is 11.3 Å². The number of aliphatic hydroxyl groups is 1. The molecule has 0 radical (unpaired) electrons. The highest BCUT2D eigenvalue weighted by Gasteiger charge is 2.35. The molecule has 3 N–H and O–H groups in total. The van der Waals surface area contributed by atoms with Gasteiger partial charge in [-0.05, 0) is 31.1 Å². The molecule has 0 amide bonds. The normalized spacial score (nSPS) is 27.3. The van der Waals surface area contributed by atoms with E-state index in [1.54, 1.807) is 7.05 Å². The standard InChI is InChI=1S/C19H37N3O2.HI/c1-18(2,3)16-15(9-8-12-24-16)13-21-17(20-4)22-14-19(23)10-6-5-7-11-19;/h15-16,23H,5-14H2,1-4H3,(H2,20,21,22);1H. The fraction of sp³-hybridized carbons (Fsp3) is 0.947. The summed E-state index contributed by atoms with van der Waals surface area (Å²) in [6.07, 6.45) is 7.86. The summed E-state index contributed by atoms with van der Waals surface area (Å²) < 4.78 is 6.05. The van der Waals surface area contributed by atoms with E-state index in [-0.39, 0.29) is 35.5 Å². The van der Waals surface area contributed by atoms with Gasteiger partial charge in [-0.3, -0.25) is 4.99 Å². The Morgan fingerprint density at radius 1 is 1.16 bits per heavy atom. The molecule has 148 valence electrons. The Hall–Kier alpha value is -0.0800. The molecular weight excluding hydrogens is 429 g/mol. The summed E-state index contributed by atoms with van der Waals surface area (Å²) in [5, 5.41) is 17.4. The maximum Gasteiger partial charge on any atom is 0.191 e. The highest BCUT2D eigenvalue weighted by atomic mass is 127. The molecule has 6 heteroatoms. The van der Waals surface area contributed by atoms with E-state index < -0.39 is 5.60 Å². The highest BCUT2D eigenvalue weighted by molar-refractivity contribution is 14.0. The van der Waals surface area contributed by atoms with Crippen molar-refractivity contribution in [1.82, 2.24) is 10.6 Å². The van der Waals surface area contributed by atoms with Crippen molar-refractivity contribution in [3.8, 4) is 0 Å². The lowest BCUT2D eigenvalue weighted by atomic mass is 9.78. The number of rotatable bonds is 4. The molecule has 1 saturated heterocycles. The molecule has 0 spiro atoms. The third-order valence-corrected chi connectivity index (χ3v) is 5.42. The maximum absolute atomic E-state index is 10.6. The number of halogens is 1. The molecule has 0 bridgehead atoms. The number of hydrogen-bond acceptors (Lipinski definition) is 3. The van der Waals surface area contributed by atoms with Crippen molar-refractivity contribution in [3.63, 3.8) is 0 Å². The Balaban J connectivity index is 0.00000312. The topological polar surface area (TPSA) is 65.9 Å². The first-order valence-corrected chi connectivity index (χ1v) is 9.63. The monoisotopic (exact) mass is 467 g/mol. The second kappa shape index (κ2) is 10.3. The van der Waals surface area contributed by atoms with Crippen molar-refractivity contribution in [2.24, 2.45) is 16.3 Å². The molecule has 2 rings (SSSR count). The molecule has 1 aliphatic heterocycles. The summed E-state index contributed by atoms with van der Waals surface area (Å²) >= 11 is 0. The number of guanidine groups is 1. The predicted molar refractivity (Wildman–Crippen MR) is 115 cm³/mol. The molecule has 2 aliphatic rings. The quantitative estimate of drug-likeness (QED) is 0.337. The number of ether oxygens (including phenoxy) is 1. The summed E-state index contributed by atoms with van der Waals surface area (Å²) in [5.74, 6) is 1.28. The second-order valence-corrected chi connectivity index (χ2v) is 8.65. The second-order valence-electron chi connectivity index (χ2n) is 8.65. The van der Waals surface area contributed by atoms with Crippen LogP contribution in [0.2, 0.25) is 0 Å². The molecule has 0 aromatic rings. The molecule has 1 aliphatic carbocycles. The van der Waals surface area contributed by atoms with E-state index in [0.717, 1.165) is 51.2 Å². The van der Waals surface area contributed by atoms with Crippen LogP contribution in [0.5, 0.6) is 0 Å². The molecule has 1 heterocycles. The number of nitrogens with zero attached hydrogens (tertiary/aromatic N) is 1. The fourth-order valence-corrected chi connectivity index (χ4v) is 4.09. The van der Waals surface area contributed by atoms with Gasteiger partial charge < -0.3 is 20.5 Å². The van der Waals surface area contributed by atoms with Gasteiger partial charge in [0.05, 0.1) is 11.7 Å². The summed E-state index contributed by atoms with van der Waals surface area (Å²) in [6, 6.07) is 0. The zero-order valence-electron chi connectivity index (χ0n) is 16.4. The zero-order chi connectivity index (χ0) is 17.6. The van der Waals surface area contributed by atoms with Crippen molar-refractivity contribution in [2.45, 2.75) is 77.4 Å². The van der Waals surface area contributed by atoms with Crippen molar-refractivity contribution in [3.05, 3.63) is 0 Å². The lowest BCUT2D eigenvalue weighted by Crippen LogP contribution is -2.51. The summed E-state index contributed by atoms with van der Waals surface area (Å²) in [6.45, 7) is 9.07. The van der Waals surface area contributed by atoms with Crippen LogP contribution in [-0.2, 0) is 4.74 Å². The number of nitrogens with one attached hydrogen (secondary N) is 2. The molecule has 5 nitrogen and oxygen atoms in total. The lowest BCUT2D eigenvalue weighted by Gasteiger charge is -2.40. The van der Waals surface area contributed by atoms with Crippen LogP contribution in [-0.4, -0.2) is 49.5 Å². The minimum atomic E-state index is -0.572. The smallest absolute Gasteiger partial charge is 0.191 e. The Labute approximate surface area is 170 Å². The number of aliphatic imine (C=N–C) groups is 1. The Bertz CT molecular complexity index is 417. The van der Waals surface area contributed by atoms with Gasteiger partial charge in [0.2, 0.25) is 0 Å². The summed E-state index contributed by atoms with van der Waals surface area (Å²) in [5.41, 5.74) is -0.418. The first kappa shape index (κ1) is 23.0. The van der Waals surface area contributed by atoms with E-state index in [4.69, 9.17) is 4.74 Å². The van der Waals surface area contributed by atoms with Gasteiger partial charge in [0, 0.05) is 32.7 Å². The van der Waals surface area contributed by atoms with E-state index in [2.05, 4.69) is 36.4 Å². The molecule has 25 heavy (non-hydrogen) atoms. The molecule has 1 saturated carbocycles. The Morgan fingerprint density at radius 3 is 2.44 bits per heavy atom. The summed E-state index contributed by atoms with van der Waals surface area (Å²) in [7, 11) is 1.79. The van der Waals surface area contributed by atoms with Crippen molar-refractivity contribution < 1.29 is 9.84 Å². The minimum absolute atomic E-state index is 0. The molecule has 2 unspecified atom stereocenters. The lowest BCUT2D eigenvalue weighted by molar-refractivity contribution is -0.0835. The van der Waals surface area contributed by atoms with E-state index in [1.807, 2.05) is 0 Å². The average molecular weight is 467 g/mol. The fourth-order valence-electron chi connectivity index (χ4n) is 4.09.